The van der Waals surface area contributed by atoms with Gasteiger partial charge in [0.15, 0.2) is 0 Å². The van der Waals surface area contributed by atoms with Crippen LogP contribution in [0, 0.1) is 0 Å². The van der Waals surface area contributed by atoms with Crippen LogP contribution in [0.4, 0.5) is 0 Å². The molecule has 1 rings (SSSR count). The van der Waals surface area contributed by atoms with Gasteiger partial charge in [-0.3, -0.25) is 4.90 Å². The van der Waals surface area contributed by atoms with E-state index in [1.807, 2.05) is 0 Å². The lowest BCUT2D eigenvalue weighted by Gasteiger charge is -2.25. The second kappa shape index (κ2) is 6.13. The smallest absolute Gasteiger partial charge is 0.215 e. The molecule has 0 aromatic carbocycles. The quantitative estimate of drug-likeness (QED) is 0.647. The van der Waals surface area contributed by atoms with Crippen LogP contribution in [0.3, 0.4) is 0 Å². The minimum absolute atomic E-state index is 0.249. The highest BCUT2D eigenvalue weighted by molar-refractivity contribution is 7.90. The molecule has 1 aliphatic rings. The molecule has 0 aliphatic heterocycles. The zero-order chi connectivity index (χ0) is 13.1. The highest BCUT2D eigenvalue weighted by Gasteiger charge is 2.30. The van der Waals surface area contributed by atoms with Crippen LogP contribution in [0.15, 0.2) is 0 Å². The number of nitrogens with zero attached hydrogens (tertiary/aromatic N) is 1. The zero-order valence-electron chi connectivity index (χ0n) is 11.2. The first-order valence-electron chi connectivity index (χ1n) is 6.23. The molecule has 0 heterocycles. The normalized spacial score (nSPS) is 20.5. The highest BCUT2D eigenvalue weighted by atomic mass is 32.2. The molecule has 0 spiro atoms. The molecule has 0 aromatic rings. The van der Waals surface area contributed by atoms with Gasteiger partial charge in [0.2, 0.25) is 10.0 Å². The molecule has 0 aromatic heterocycles. The predicted molar refractivity (Wildman–Crippen MR) is 70.6 cm³/mol. The molecule has 0 bridgehead atoms. The fraction of sp³-hybridized carbons (Fsp3) is 1.00. The van der Waals surface area contributed by atoms with Crippen molar-refractivity contribution in [2.75, 3.05) is 27.2 Å². The van der Waals surface area contributed by atoms with Crippen LogP contribution in [0.5, 0.6) is 0 Å². The summed E-state index contributed by atoms with van der Waals surface area (Å²) in [7, 11) is 0.627. The molecule has 1 fully saturated rings. The van der Waals surface area contributed by atoms with E-state index in [9.17, 15) is 8.42 Å². The lowest BCUT2D eigenvalue weighted by Crippen LogP contribution is -2.45. The van der Waals surface area contributed by atoms with Crippen molar-refractivity contribution in [2.45, 2.75) is 44.0 Å². The fourth-order valence-electron chi connectivity index (χ4n) is 1.76. The average Bonchev–Trinajstić information content (AvgIpc) is 3.09. The molecule has 102 valence electrons. The van der Waals surface area contributed by atoms with Crippen LogP contribution < -0.4 is 10.0 Å². The van der Waals surface area contributed by atoms with Gasteiger partial charge in [0, 0.05) is 25.2 Å². The molecule has 0 amide bonds. The lowest BCUT2D eigenvalue weighted by atomic mass is 10.3. The maximum atomic E-state index is 11.9. The third-order valence-electron chi connectivity index (χ3n) is 3.42. The van der Waals surface area contributed by atoms with Gasteiger partial charge in [-0.1, -0.05) is 0 Å². The van der Waals surface area contributed by atoms with Gasteiger partial charge in [0.25, 0.3) is 0 Å². The van der Waals surface area contributed by atoms with Crippen LogP contribution in [0.1, 0.15) is 26.7 Å². The van der Waals surface area contributed by atoms with E-state index in [0.717, 1.165) is 0 Å². The molecule has 1 aliphatic carbocycles. The summed E-state index contributed by atoms with van der Waals surface area (Å²) in [6.07, 6.45) is 2.48. The first kappa shape index (κ1) is 14.9. The fourth-order valence-corrected chi connectivity index (χ4v) is 2.91. The van der Waals surface area contributed by atoms with E-state index >= 15 is 0 Å². The molecule has 6 heteroatoms. The Morgan fingerprint density at radius 2 is 1.88 bits per heavy atom. The topological polar surface area (TPSA) is 61.4 Å². The van der Waals surface area contributed by atoms with E-state index in [1.165, 1.54) is 12.8 Å². The summed E-state index contributed by atoms with van der Waals surface area (Å²) in [5, 5.41) is 2.49. The van der Waals surface area contributed by atoms with Gasteiger partial charge in [-0.15, -0.1) is 0 Å². The molecule has 0 saturated heterocycles. The van der Waals surface area contributed by atoms with Gasteiger partial charge in [-0.25, -0.2) is 13.1 Å². The Bertz CT molecular complexity index is 328. The first-order chi connectivity index (χ1) is 7.88. The first-order valence-corrected chi connectivity index (χ1v) is 7.78. The Kier molecular flexibility index (Phi) is 5.37. The SMILES string of the molecule is CNCC(C)S(=O)(=O)NCC(C)N(C)C1CC1. The van der Waals surface area contributed by atoms with E-state index in [1.54, 1.807) is 14.0 Å². The maximum Gasteiger partial charge on any atom is 0.215 e. The Morgan fingerprint density at radius 3 is 2.35 bits per heavy atom. The molecule has 2 N–H and O–H groups in total. The van der Waals surface area contributed by atoms with Crippen LogP contribution in [0.25, 0.3) is 0 Å². The third-order valence-corrected chi connectivity index (χ3v) is 5.21. The van der Waals surface area contributed by atoms with Crippen molar-refractivity contribution in [1.82, 2.24) is 14.9 Å². The Balaban J connectivity index is 2.37. The van der Waals surface area contributed by atoms with E-state index in [4.69, 9.17) is 0 Å². The summed E-state index contributed by atoms with van der Waals surface area (Å²) in [6.45, 7) is 4.74. The van der Waals surface area contributed by atoms with E-state index in [0.29, 0.717) is 19.1 Å². The molecule has 2 atom stereocenters. The number of sulfonamides is 1. The van der Waals surface area contributed by atoms with Crippen molar-refractivity contribution < 1.29 is 8.42 Å². The summed E-state index contributed by atoms with van der Waals surface area (Å²) in [6, 6.07) is 0.906. The summed E-state index contributed by atoms with van der Waals surface area (Å²) in [5.74, 6) is 0. The van der Waals surface area contributed by atoms with Gasteiger partial charge in [-0.2, -0.15) is 0 Å². The largest absolute Gasteiger partial charge is 0.318 e. The molecular formula is C11H25N3O2S. The van der Waals surface area contributed by atoms with Crippen molar-refractivity contribution in [2.24, 2.45) is 0 Å². The van der Waals surface area contributed by atoms with Gasteiger partial charge >= 0.3 is 0 Å². The molecule has 1 saturated carbocycles. The standard InChI is InChI=1S/C11H25N3O2S/c1-9(14(4)11-5-6-11)7-13-17(15,16)10(2)8-12-3/h9-13H,5-8H2,1-4H3. The monoisotopic (exact) mass is 263 g/mol. The number of hydrogen-bond donors (Lipinski definition) is 2. The summed E-state index contributed by atoms with van der Waals surface area (Å²) in [4.78, 5) is 2.26. The van der Waals surface area contributed by atoms with Crippen molar-refractivity contribution in [1.29, 1.82) is 0 Å². The molecule has 2 unspecified atom stereocenters. The van der Waals surface area contributed by atoms with Crippen molar-refractivity contribution in [3.63, 3.8) is 0 Å². The molecule has 0 radical (unpaired) electrons. The summed E-state index contributed by atoms with van der Waals surface area (Å²) in [5.41, 5.74) is 0. The summed E-state index contributed by atoms with van der Waals surface area (Å²) < 4.78 is 26.4. The lowest BCUT2D eigenvalue weighted by molar-refractivity contribution is 0.248. The Morgan fingerprint density at radius 1 is 1.29 bits per heavy atom. The maximum absolute atomic E-state index is 11.9. The van der Waals surface area contributed by atoms with Crippen molar-refractivity contribution in [3.8, 4) is 0 Å². The van der Waals surface area contributed by atoms with Crippen molar-refractivity contribution in [3.05, 3.63) is 0 Å². The van der Waals surface area contributed by atoms with E-state index in [2.05, 4.69) is 28.9 Å². The second-order valence-electron chi connectivity index (χ2n) is 5.01. The minimum Gasteiger partial charge on any atom is -0.318 e. The molecule has 17 heavy (non-hydrogen) atoms. The van der Waals surface area contributed by atoms with Crippen molar-refractivity contribution >= 4 is 10.0 Å². The predicted octanol–water partition coefficient (Wildman–Crippen LogP) is -0.00360. The summed E-state index contributed by atoms with van der Waals surface area (Å²) >= 11 is 0. The highest BCUT2D eigenvalue weighted by Crippen LogP contribution is 2.26. The van der Waals surface area contributed by atoms with E-state index in [-0.39, 0.29) is 6.04 Å². The van der Waals surface area contributed by atoms with Crippen LogP contribution in [-0.4, -0.2) is 57.8 Å². The van der Waals surface area contributed by atoms with Gasteiger partial charge < -0.3 is 5.32 Å². The van der Waals surface area contributed by atoms with E-state index < -0.39 is 15.3 Å². The Labute approximate surface area is 105 Å². The number of nitrogens with one attached hydrogen (secondary N) is 2. The van der Waals surface area contributed by atoms with Gasteiger partial charge in [0.05, 0.1) is 5.25 Å². The molecular weight excluding hydrogens is 238 g/mol. The minimum atomic E-state index is -3.20. The number of hydrogen-bond acceptors (Lipinski definition) is 4. The Hall–Kier alpha value is -0.170. The zero-order valence-corrected chi connectivity index (χ0v) is 12.0. The molecule has 5 nitrogen and oxygen atoms in total. The van der Waals surface area contributed by atoms with Crippen LogP contribution in [-0.2, 0) is 10.0 Å². The van der Waals surface area contributed by atoms with Crippen LogP contribution >= 0.6 is 0 Å². The average molecular weight is 263 g/mol. The van der Waals surface area contributed by atoms with Gasteiger partial charge in [0.1, 0.15) is 0 Å². The number of likely N-dealkylation sites (N-methyl/N-ethyl adjacent to an activating group) is 1. The van der Waals surface area contributed by atoms with Gasteiger partial charge in [-0.05, 0) is 40.8 Å². The van der Waals surface area contributed by atoms with Crippen LogP contribution in [0.2, 0.25) is 0 Å². The second-order valence-corrected chi connectivity index (χ2v) is 7.19. The number of rotatable bonds is 8. The third kappa shape index (κ3) is 4.54.